The van der Waals surface area contributed by atoms with Gasteiger partial charge in [0.05, 0.1) is 11.6 Å². The maximum atomic E-state index is 4.49. The molecule has 0 bridgehead atoms. The summed E-state index contributed by atoms with van der Waals surface area (Å²) in [6.07, 6.45) is 0. The zero-order chi connectivity index (χ0) is 13.2. The lowest BCUT2D eigenvalue weighted by Crippen LogP contribution is -2.14. The van der Waals surface area contributed by atoms with Gasteiger partial charge in [0.1, 0.15) is 5.00 Å². The SMILES string of the molecule is CC(C)C(Nc1snc2ccccc12)c1cccs1. The van der Waals surface area contributed by atoms with Gasteiger partial charge in [-0.25, -0.2) is 0 Å². The zero-order valence-corrected chi connectivity index (χ0v) is 12.6. The van der Waals surface area contributed by atoms with Crippen LogP contribution < -0.4 is 5.32 Å². The van der Waals surface area contributed by atoms with Gasteiger partial charge in [-0.3, -0.25) is 0 Å². The normalized spacial score (nSPS) is 13.0. The highest BCUT2D eigenvalue weighted by atomic mass is 32.1. The van der Waals surface area contributed by atoms with Crippen molar-refractivity contribution in [2.75, 3.05) is 5.32 Å². The third kappa shape index (κ3) is 2.51. The molecule has 19 heavy (non-hydrogen) atoms. The lowest BCUT2D eigenvalue weighted by molar-refractivity contribution is 0.555. The standard InChI is InChI=1S/C15H16N2S2/c1-10(2)14(13-8-5-9-18-13)16-15-11-6-3-4-7-12(11)17-19-15/h3-10,14,16H,1-2H3. The lowest BCUT2D eigenvalue weighted by atomic mass is 10.0. The van der Waals surface area contributed by atoms with Crippen LogP contribution in [0.1, 0.15) is 24.8 Å². The Morgan fingerprint density at radius 3 is 2.68 bits per heavy atom. The molecular formula is C15H16N2S2. The molecular weight excluding hydrogens is 272 g/mol. The predicted octanol–water partition coefficient (Wildman–Crippen LogP) is 5.17. The molecule has 98 valence electrons. The van der Waals surface area contributed by atoms with E-state index in [2.05, 4.69) is 59.2 Å². The van der Waals surface area contributed by atoms with Gasteiger partial charge in [-0.2, -0.15) is 4.37 Å². The summed E-state index contributed by atoms with van der Waals surface area (Å²) in [7, 11) is 0. The monoisotopic (exact) mass is 288 g/mol. The maximum absolute atomic E-state index is 4.49. The van der Waals surface area contributed by atoms with Crippen LogP contribution in [0.2, 0.25) is 0 Å². The number of rotatable bonds is 4. The first-order chi connectivity index (χ1) is 9.25. The van der Waals surface area contributed by atoms with E-state index in [0.29, 0.717) is 12.0 Å². The van der Waals surface area contributed by atoms with Crippen LogP contribution in [0.5, 0.6) is 0 Å². The van der Waals surface area contributed by atoms with Crippen molar-refractivity contribution in [2.45, 2.75) is 19.9 Å². The average molecular weight is 288 g/mol. The number of anilines is 1. The smallest absolute Gasteiger partial charge is 0.117 e. The van der Waals surface area contributed by atoms with Crippen molar-refractivity contribution in [3.8, 4) is 0 Å². The second kappa shape index (κ2) is 5.31. The molecule has 0 radical (unpaired) electrons. The Balaban J connectivity index is 1.94. The van der Waals surface area contributed by atoms with Gasteiger partial charge in [-0.1, -0.05) is 32.0 Å². The Kier molecular flexibility index (Phi) is 3.53. The minimum absolute atomic E-state index is 0.351. The van der Waals surface area contributed by atoms with Crippen LogP contribution in [0.15, 0.2) is 41.8 Å². The fourth-order valence-corrected chi connectivity index (χ4v) is 3.92. The Hall–Kier alpha value is -1.39. The highest BCUT2D eigenvalue weighted by Crippen LogP contribution is 2.34. The number of benzene rings is 1. The molecule has 1 N–H and O–H groups in total. The summed E-state index contributed by atoms with van der Waals surface area (Å²) in [5.41, 5.74) is 1.07. The first-order valence-corrected chi connectivity index (χ1v) is 8.05. The summed E-state index contributed by atoms with van der Waals surface area (Å²) in [4.78, 5) is 1.38. The molecule has 1 unspecified atom stereocenters. The van der Waals surface area contributed by atoms with Crippen molar-refractivity contribution >= 4 is 38.8 Å². The Morgan fingerprint density at radius 2 is 1.95 bits per heavy atom. The number of fused-ring (bicyclic) bond motifs is 1. The van der Waals surface area contributed by atoms with E-state index >= 15 is 0 Å². The molecule has 0 saturated carbocycles. The van der Waals surface area contributed by atoms with Crippen LogP contribution in [-0.2, 0) is 0 Å². The number of hydrogen-bond acceptors (Lipinski definition) is 4. The van der Waals surface area contributed by atoms with Crippen LogP contribution in [0.3, 0.4) is 0 Å². The second-order valence-corrected chi connectivity index (χ2v) is 6.66. The van der Waals surface area contributed by atoms with E-state index in [0.717, 1.165) is 5.52 Å². The molecule has 2 heterocycles. The molecule has 1 atom stereocenters. The van der Waals surface area contributed by atoms with Gasteiger partial charge in [0.15, 0.2) is 0 Å². The molecule has 3 aromatic rings. The van der Waals surface area contributed by atoms with E-state index in [4.69, 9.17) is 0 Å². The minimum atomic E-state index is 0.351. The first-order valence-electron chi connectivity index (χ1n) is 6.40. The highest BCUT2D eigenvalue weighted by Gasteiger charge is 2.18. The van der Waals surface area contributed by atoms with Crippen molar-refractivity contribution in [3.05, 3.63) is 46.7 Å². The van der Waals surface area contributed by atoms with E-state index in [9.17, 15) is 0 Å². The number of hydrogen-bond donors (Lipinski definition) is 1. The average Bonchev–Trinajstić information content (AvgIpc) is 3.05. The third-order valence-electron chi connectivity index (χ3n) is 3.19. The molecule has 0 amide bonds. The fraction of sp³-hybridized carbons (Fsp3) is 0.267. The van der Waals surface area contributed by atoms with Crippen molar-refractivity contribution in [1.29, 1.82) is 0 Å². The Labute approximate surface area is 121 Å². The van der Waals surface area contributed by atoms with Gasteiger partial charge in [-0.05, 0) is 41.0 Å². The van der Waals surface area contributed by atoms with Gasteiger partial charge in [-0.15, -0.1) is 11.3 Å². The van der Waals surface area contributed by atoms with Crippen LogP contribution in [0.25, 0.3) is 10.9 Å². The van der Waals surface area contributed by atoms with E-state index in [1.807, 2.05) is 17.4 Å². The first kappa shape index (κ1) is 12.6. The molecule has 0 spiro atoms. The molecule has 0 aliphatic heterocycles. The lowest BCUT2D eigenvalue weighted by Gasteiger charge is -2.21. The number of nitrogens with one attached hydrogen (secondary N) is 1. The van der Waals surface area contributed by atoms with Crippen molar-refractivity contribution in [2.24, 2.45) is 5.92 Å². The van der Waals surface area contributed by atoms with Crippen LogP contribution in [-0.4, -0.2) is 4.37 Å². The fourth-order valence-electron chi connectivity index (χ4n) is 2.17. The molecule has 3 rings (SSSR count). The van der Waals surface area contributed by atoms with Gasteiger partial charge < -0.3 is 5.32 Å². The van der Waals surface area contributed by atoms with Crippen molar-refractivity contribution in [3.63, 3.8) is 0 Å². The summed E-state index contributed by atoms with van der Waals surface area (Å²) in [5.74, 6) is 0.541. The highest BCUT2D eigenvalue weighted by molar-refractivity contribution is 7.12. The van der Waals surface area contributed by atoms with Crippen LogP contribution >= 0.6 is 22.9 Å². The third-order valence-corrected chi connectivity index (χ3v) is 4.95. The summed E-state index contributed by atoms with van der Waals surface area (Å²) in [6, 6.07) is 13.0. The summed E-state index contributed by atoms with van der Waals surface area (Å²) in [5, 5.41) is 8.19. The summed E-state index contributed by atoms with van der Waals surface area (Å²) < 4.78 is 4.49. The van der Waals surface area contributed by atoms with E-state index in [1.165, 1.54) is 15.3 Å². The van der Waals surface area contributed by atoms with Crippen molar-refractivity contribution < 1.29 is 0 Å². The van der Waals surface area contributed by atoms with Gasteiger partial charge in [0.2, 0.25) is 0 Å². The zero-order valence-electron chi connectivity index (χ0n) is 11.0. The summed E-state index contributed by atoms with van der Waals surface area (Å²) >= 11 is 3.36. The van der Waals surface area contributed by atoms with Crippen molar-refractivity contribution in [1.82, 2.24) is 4.37 Å². The summed E-state index contributed by atoms with van der Waals surface area (Å²) in [6.45, 7) is 4.50. The minimum Gasteiger partial charge on any atom is -0.367 e. The molecule has 0 aliphatic rings. The predicted molar refractivity (Wildman–Crippen MR) is 85.1 cm³/mol. The molecule has 4 heteroatoms. The Morgan fingerprint density at radius 1 is 1.11 bits per heavy atom. The number of thiophene rings is 1. The van der Waals surface area contributed by atoms with E-state index in [-0.39, 0.29) is 0 Å². The molecule has 0 fully saturated rings. The van der Waals surface area contributed by atoms with Gasteiger partial charge >= 0.3 is 0 Å². The van der Waals surface area contributed by atoms with Crippen LogP contribution in [0.4, 0.5) is 5.00 Å². The second-order valence-electron chi connectivity index (χ2n) is 4.91. The van der Waals surface area contributed by atoms with Gasteiger partial charge in [0.25, 0.3) is 0 Å². The molecule has 2 nitrogen and oxygen atoms in total. The molecule has 0 saturated heterocycles. The van der Waals surface area contributed by atoms with E-state index in [1.54, 1.807) is 11.5 Å². The molecule has 0 aliphatic carbocycles. The Bertz CT molecular complexity index is 656. The van der Waals surface area contributed by atoms with E-state index < -0.39 is 0 Å². The molecule has 1 aromatic carbocycles. The number of nitrogens with zero attached hydrogens (tertiary/aromatic N) is 1. The number of aromatic nitrogens is 1. The molecule has 2 aromatic heterocycles. The topological polar surface area (TPSA) is 24.9 Å². The quantitative estimate of drug-likeness (QED) is 0.716. The maximum Gasteiger partial charge on any atom is 0.117 e. The van der Waals surface area contributed by atoms with Crippen LogP contribution in [0, 0.1) is 5.92 Å². The van der Waals surface area contributed by atoms with Gasteiger partial charge in [0, 0.05) is 10.3 Å². The largest absolute Gasteiger partial charge is 0.367 e.